The van der Waals surface area contributed by atoms with Gasteiger partial charge in [0.1, 0.15) is 17.5 Å². The molecule has 0 atom stereocenters. The van der Waals surface area contributed by atoms with Gasteiger partial charge in [-0.1, -0.05) is 18.5 Å². The van der Waals surface area contributed by atoms with E-state index in [1.165, 1.54) is 12.1 Å². The first-order valence-electron chi connectivity index (χ1n) is 9.06. The maximum absolute atomic E-state index is 13.6. The van der Waals surface area contributed by atoms with E-state index in [0.717, 1.165) is 41.3 Å². The van der Waals surface area contributed by atoms with Crippen LogP contribution in [-0.4, -0.2) is 19.5 Å². The predicted octanol–water partition coefficient (Wildman–Crippen LogP) is 5.75. The minimum absolute atomic E-state index is 0.303. The van der Waals surface area contributed by atoms with Crippen LogP contribution in [0, 0.1) is 12.7 Å². The minimum atomic E-state index is -0.303. The molecule has 4 rings (SSSR count). The van der Waals surface area contributed by atoms with Gasteiger partial charge >= 0.3 is 0 Å². The van der Waals surface area contributed by atoms with Gasteiger partial charge < -0.3 is 9.88 Å². The number of anilines is 2. The summed E-state index contributed by atoms with van der Waals surface area (Å²) in [6, 6.07) is 10.3. The molecule has 0 aliphatic heterocycles. The Morgan fingerprint density at radius 2 is 1.96 bits per heavy atom. The molecule has 28 heavy (non-hydrogen) atoms. The molecule has 0 aliphatic carbocycles. The van der Waals surface area contributed by atoms with Gasteiger partial charge in [0.25, 0.3) is 0 Å². The van der Waals surface area contributed by atoms with E-state index in [1.54, 1.807) is 18.5 Å². The molecule has 0 amide bonds. The smallest absolute Gasteiger partial charge is 0.149 e. The van der Waals surface area contributed by atoms with Crippen LogP contribution in [-0.2, 0) is 6.54 Å². The molecule has 1 aromatic carbocycles. The molecular formula is C21H19ClFN5. The van der Waals surface area contributed by atoms with E-state index >= 15 is 0 Å². The average Bonchev–Trinajstić information content (AvgIpc) is 3.03. The van der Waals surface area contributed by atoms with E-state index in [-0.39, 0.29) is 5.82 Å². The zero-order valence-electron chi connectivity index (χ0n) is 15.6. The number of nitrogens with one attached hydrogen (secondary N) is 1. The summed E-state index contributed by atoms with van der Waals surface area (Å²) in [5.41, 5.74) is 4.03. The van der Waals surface area contributed by atoms with Crippen LogP contribution in [0.15, 0.2) is 48.8 Å². The van der Waals surface area contributed by atoms with Crippen molar-refractivity contribution in [3.8, 4) is 11.4 Å². The second-order valence-electron chi connectivity index (χ2n) is 6.59. The standard InChI is InChI=1S/C21H19ClFN5/c1-3-8-28-19-7-5-15(23)10-18(19)27-21(28)14-9-17(22)20(25-11-14)26-16-6-4-13(2)24-12-16/h4-7,9-12H,3,8H2,1-2H3,(H,25,26). The minimum Gasteiger partial charge on any atom is -0.338 e. The third kappa shape index (κ3) is 3.55. The summed E-state index contributed by atoms with van der Waals surface area (Å²) in [6.07, 6.45) is 4.38. The van der Waals surface area contributed by atoms with Gasteiger partial charge in [-0.3, -0.25) is 4.98 Å². The lowest BCUT2D eigenvalue weighted by atomic mass is 10.2. The summed E-state index contributed by atoms with van der Waals surface area (Å²) in [6.45, 7) is 4.79. The Hall–Kier alpha value is -2.99. The molecule has 4 aromatic rings. The summed E-state index contributed by atoms with van der Waals surface area (Å²) >= 11 is 6.47. The van der Waals surface area contributed by atoms with Crippen molar-refractivity contribution < 1.29 is 4.39 Å². The van der Waals surface area contributed by atoms with Crippen molar-refractivity contribution in [2.75, 3.05) is 5.32 Å². The van der Waals surface area contributed by atoms with E-state index in [1.807, 2.05) is 25.1 Å². The summed E-state index contributed by atoms with van der Waals surface area (Å²) in [4.78, 5) is 13.3. The fraction of sp³-hybridized carbons (Fsp3) is 0.190. The van der Waals surface area contributed by atoms with Gasteiger partial charge in [0.05, 0.1) is 27.9 Å². The fourth-order valence-corrected chi connectivity index (χ4v) is 3.32. The topological polar surface area (TPSA) is 55.6 Å². The summed E-state index contributed by atoms with van der Waals surface area (Å²) in [7, 11) is 0. The van der Waals surface area contributed by atoms with Crippen molar-refractivity contribution >= 4 is 34.1 Å². The van der Waals surface area contributed by atoms with Crippen LogP contribution in [0.2, 0.25) is 5.02 Å². The Morgan fingerprint density at radius 1 is 1.11 bits per heavy atom. The first-order chi connectivity index (χ1) is 13.5. The number of halogens is 2. The normalized spacial score (nSPS) is 11.1. The van der Waals surface area contributed by atoms with Crippen molar-refractivity contribution in [1.82, 2.24) is 19.5 Å². The van der Waals surface area contributed by atoms with Crippen LogP contribution in [0.25, 0.3) is 22.4 Å². The lowest BCUT2D eigenvalue weighted by Gasteiger charge is -2.11. The molecule has 0 radical (unpaired) electrons. The Kier molecular flexibility index (Phi) is 4.96. The molecule has 0 saturated carbocycles. The summed E-state index contributed by atoms with van der Waals surface area (Å²) < 4.78 is 15.7. The summed E-state index contributed by atoms with van der Waals surface area (Å²) in [5.74, 6) is 0.961. The zero-order chi connectivity index (χ0) is 19.7. The average molecular weight is 396 g/mol. The van der Waals surface area contributed by atoms with Crippen molar-refractivity contribution in [3.63, 3.8) is 0 Å². The number of rotatable bonds is 5. The molecule has 7 heteroatoms. The fourth-order valence-electron chi connectivity index (χ4n) is 3.10. The highest BCUT2D eigenvalue weighted by Gasteiger charge is 2.15. The molecule has 0 fully saturated rings. The van der Waals surface area contributed by atoms with E-state index in [9.17, 15) is 4.39 Å². The van der Waals surface area contributed by atoms with Gasteiger partial charge in [0, 0.05) is 30.1 Å². The van der Waals surface area contributed by atoms with Crippen LogP contribution in [0.4, 0.5) is 15.9 Å². The number of fused-ring (bicyclic) bond motifs is 1. The lowest BCUT2D eigenvalue weighted by molar-refractivity contribution is 0.629. The third-order valence-corrected chi connectivity index (χ3v) is 4.72. The Balaban J connectivity index is 1.72. The van der Waals surface area contributed by atoms with Crippen LogP contribution >= 0.6 is 11.6 Å². The molecule has 1 N–H and O–H groups in total. The number of imidazole rings is 1. The highest BCUT2D eigenvalue weighted by atomic mass is 35.5. The number of benzene rings is 1. The second-order valence-corrected chi connectivity index (χ2v) is 6.99. The van der Waals surface area contributed by atoms with Crippen LogP contribution in [0.5, 0.6) is 0 Å². The molecule has 0 saturated heterocycles. The Bertz CT molecular complexity index is 1140. The van der Waals surface area contributed by atoms with Gasteiger partial charge in [-0.05, 0) is 43.7 Å². The Labute approximate surface area is 167 Å². The third-order valence-electron chi connectivity index (χ3n) is 4.43. The monoisotopic (exact) mass is 395 g/mol. The molecule has 142 valence electrons. The summed E-state index contributed by atoms with van der Waals surface area (Å²) in [5, 5.41) is 3.64. The van der Waals surface area contributed by atoms with Crippen molar-refractivity contribution in [3.05, 3.63) is 65.3 Å². The van der Waals surface area contributed by atoms with Gasteiger partial charge in [-0.25, -0.2) is 14.4 Å². The number of hydrogen-bond acceptors (Lipinski definition) is 4. The maximum atomic E-state index is 13.6. The lowest BCUT2D eigenvalue weighted by Crippen LogP contribution is -2.01. The first kappa shape index (κ1) is 18.4. The second kappa shape index (κ2) is 7.56. The molecule has 3 heterocycles. The maximum Gasteiger partial charge on any atom is 0.149 e. The van der Waals surface area contributed by atoms with Gasteiger partial charge in [-0.2, -0.15) is 0 Å². The molecule has 5 nitrogen and oxygen atoms in total. The number of aromatic nitrogens is 4. The quantitative estimate of drug-likeness (QED) is 0.467. The number of hydrogen-bond donors (Lipinski definition) is 1. The van der Waals surface area contributed by atoms with E-state index in [2.05, 4.69) is 31.8 Å². The van der Waals surface area contributed by atoms with Crippen LogP contribution < -0.4 is 5.32 Å². The van der Waals surface area contributed by atoms with Crippen molar-refractivity contribution in [2.45, 2.75) is 26.8 Å². The van der Waals surface area contributed by atoms with Gasteiger partial charge in [-0.15, -0.1) is 0 Å². The number of aryl methyl sites for hydroxylation is 2. The van der Waals surface area contributed by atoms with Crippen LogP contribution in [0.3, 0.4) is 0 Å². The van der Waals surface area contributed by atoms with Crippen LogP contribution in [0.1, 0.15) is 19.0 Å². The largest absolute Gasteiger partial charge is 0.338 e. The van der Waals surface area contributed by atoms with Crippen molar-refractivity contribution in [2.24, 2.45) is 0 Å². The van der Waals surface area contributed by atoms with Gasteiger partial charge in [0.15, 0.2) is 0 Å². The van der Waals surface area contributed by atoms with E-state index in [4.69, 9.17) is 11.6 Å². The zero-order valence-corrected chi connectivity index (χ0v) is 16.3. The Morgan fingerprint density at radius 3 is 2.68 bits per heavy atom. The first-order valence-corrected chi connectivity index (χ1v) is 9.44. The highest BCUT2D eigenvalue weighted by Crippen LogP contribution is 2.30. The molecule has 0 bridgehead atoms. The predicted molar refractivity (Wildman–Crippen MR) is 110 cm³/mol. The van der Waals surface area contributed by atoms with E-state index < -0.39 is 0 Å². The molecule has 0 spiro atoms. The molecule has 3 aromatic heterocycles. The number of nitrogens with zero attached hydrogens (tertiary/aromatic N) is 4. The number of pyridine rings is 2. The SMILES string of the molecule is CCCn1c(-c2cnc(Nc3ccc(C)nc3)c(Cl)c2)nc2cc(F)ccc21. The van der Waals surface area contributed by atoms with E-state index in [0.29, 0.717) is 16.4 Å². The van der Waals surface area contributed by atoms with Crippen molar-refractivity contribution in [1.29, 1.82) is 0 Å². The molecule has 0 unspecified atom stereocenters. The molecular weight excluding hydrogens is 377 g/mol. The molecule has 0 aliphatic rings. The highest BCUT2D eigenvalue weighted by molar-refractivity contribution is 6.33. The van der Waals surface area contributed by atoms with Gasteiger partial charge in [0.2, 0.25) is 0 Å².